The second-order valence-corrected chi connectivity index (χ2v) is 4.22. The molecule has 0 radical (unpaired) electrons. The first-order valence-corrected chi connectivity index (χ1v) is 5.40. The molecule has 0 atom stereocenters. The molecule has 0 saturated carbocycles. The van der Waals surface area contributed by atoms with Gasteiger partial charge in [0.05, 0.1) is 9.99 Å². The quantitative estimate of drug-likeness (QED) is 0.841. The molecule has 1 rings (SSSR count). The number of ether oxygens (including phenoxy) is 1. The van der Waals surface area contributed by atoms with Gasteiger partial charge in [-0.25, -0.2) is 4.98 Å². The molecule has 94 valence electrons. The highest BCUT2D eigenvalue weighted by Crippen LogP contribution is 2.29. The van der Waals surface area contributed by atoms with Gasteiger partial charge in [0.15, 0.2) is 0 Å². The molecule has 1 aromatic rings. The first kappa shape index (κ1) is 14.0. The molecule has 0 spiro atoms. The highest BCUT2D eigenvalue weighted by atomic mass is 127. The number of aromatic nitrogens is 1. The van der Waals surface area contributed by atoms with E-state index < -0.39 is 18.2 Å². The van der Waals surface area contributed by atoms with Crippen LogP contribution >= 0.6 is 22.6 Å². The summed E-state index contributed by atoms with van der Waals surface area (Å²) in [6, 6.07) is 0. The van der Waals surface area contributed by atoms with E-state index in [0.29, 0.717) is 11.1 Å². The van der Waals surface area contributed by atoms with E-state index in [1.54, 1.807) is 22.6 Å². The maximum atomic E-state index is 12.0. The van der Waals surface area contributed by atoms with Crippen LogP contribution in [0.3, 0.4) is 0 Å². The van der Waals surface area contributed by atoms with E-state index in [1.165, 1.54) is 6.92 Å². The van der Waals surface area contributed by atoms with Crippen molar-refractivity contribution in [2.24, 2.45) is 0 Å². The Morgan fingerprint density at radius 1 is 1.59 bits per heavy atom. The van der Waals surface area contributed by atoms with E-state index in [9.17, 15) is 18.0 Å². The summed E-state index contributed by atoms with van der Waals surface area (Å²) in [6.45, 7) is 1.52. The molecular formula is C9H7F3INO3. The summed E-state index contributed by atoms with van der Waals surface area (Å²) in [5.41, 5.74) is 0.777. The monoisotopic (exact) mass is 361 g/mol. The van der Waals surface area contributed by atoms with E-state index >= 15 is 0 Å². The largest absolute Gasteiger partial charge is 0.574 e. The van der Waals surface area contributed by atoms with Crippen LogP contribution in [0.2, 0.25) is 0 Å². The van der Waals surface area contributed by atoms with Crippen LogP contribution in [0, 0.1) is 10.5 Å². The summed E-state index contributed by atoms with van der Waals surface area (Å²) in [7, 11) is 0. The Bertz CT molecular complexity index is 448. The Labute approximate surface area is 108 Å². The van der Waals surface area contributed by atoms with Crippen molar-refractivity contribution in [3.05, 3.63) is 20.9 Å². The van der Waals surface area contributed by atoms with E-state index in [0.717, 1.165) is 6.20 Å². The number of hydrogen-bond donors (Lipinski definition) is 1. The van der Waals surface area contributed by atoms with Gasteiger partial charge in [-0.2, -0.15) is 0 Å². The third-order valence-corrected chi connectivity index (χ3v) is 3.16. The van der Waals surface area contributed by atoms with Crippen LogP contribution in [0.4, 0.5) is 13.2 Å². The van der Waals surface area contributed by atoms with Gasteiger partial charge in [-0.15, -0.1) is 13.2 Å². The molecule has 0 aromatic carbocycles. The zero-order valence-corrected chi connectivity index (χ0v) is 10.7. The lowest BCUT2D eigenvalue weighted by atomic mass is 10.1. The summed E-state index contributed by atoms with van der Waals surface area (Å²) in [5.74, 6) is -1.64. The number of hydrogen-bond acceptors (Lipinski definition) is 3. The summed E-state index contributed by atoms with van der Waals surface area (Å²) < 4.78 is 39.9. The molecule has 1 aromatic heterocycles. The third-order valence-electron chi connectivity index (χ3n) is 1.89. The van der Waals surface area contributed by atoms with Gasteiger partial charge in [0.2, 0.25) is 5.88 Å². The van der Waals surface area contributed by atoms with Crippen molar-refractivity contribution >= 4 is 28.6 Å². The molecule has 0 bridgehead atoms. The molecule has 17 heavy (non-hydrogen) atoms. The van der Waals surface area contributed by atoms with Crippen LogP contribution in [0.5, 0.6) is 5.88 Å². The van der Waals surface area contributed by atoms with Crippen LogP contribution < -0.4 is 4.74 Å². The fourth-order valence-electron chi connectivity index (χ4n) is 1.11. The zero-order chi connectivity index (χ0) is 13.2. The summed E-state index contributed by atoms with van der Waals surface area (Å²) in [6.07, 6.45) is -4.03. The van der Waals surface area contributed by atoms with Crippen LogP contribution in [-0.4, -0.2) is 22.4 Å². The van der Waals surface area contributed by atoms with Crippen molar-refractivity contribution in [1.82, 2.24) is 4.98 Å². The molecule has 8 heteroatoms. The van der Waals surface area contributed by atoms with Crippen LogP contribution in [0.25, 0.3) is 0 Å². The van der Waals surface area contributed by atoms with Gasteiger partial charge in [0.1, 0.15) is 0 Å². The second kappa shape index (κ2) is 5.07. The number of rotatable bonds is 3. The lowest BCUT2D eigenvalue weighted by Gasteiger charge is -2.12. The Balaban J connectivity index is 3.06. The highest BCUT2D eigenvalue weighted by molar-refractivity contribution is 14.1. The number of carboxylic acid groups (broad SMARTS) is 1. The minimum atomic E-state index is -4.81. The van der Waals surface area contributed by atoms with Crippen LogP contribution in [0.1, 0.15) is 11.1 Å². The first-order chi connectivity index (χ1) is 7.70. The first-order valence-electron chi connectivity index (χ1n) is 4.32. The molecule has 0 saturated heterocycles. The summed E-state index contributed by atoms with van der Waals surface area (Å²) in [4.78, 5) is 14.0. The van der Waals surface area contributed by atoms with Gasteiger partial charge in [0.25, 0.3) is 0 Å². The normalized spacial score (nSPS) is 11.4. The molecule has 0 amide bonds. The summed E-state index contributed by atoms with van der Waals surface area (Å²) in [5, 5.41) is 8.60. The standard InChI is InChI=1S/C9H7F3INO3/c1-4-5(2-6(15)16)3-14-8(7(4)13)17-9(10,11)12/h3H,2H2,1H3,(H,15,16). The molecule has 0 aliphatic heterocycles. The average molecular weight is 361 g/mol. The number of carboxylic acids is 1. The van der Waals surface area contributed by atoms with Crippen LogP contribution in [-0.2, 0) is 11.2 Å². The van der Waals surface area contributed by atoms with Crippen molar-refractivity contribution < 1.29 is 27.8 Å². The number of halogens is 4. The predicted molar refractivity (Wildman–Crippen MR) is 59.7 cm³/mol. The number of carbonyl (C=O) groups is 1. The highest BCUT2D eigenvalue weighted by Gasteiger charge is 2.33. The molecular weight excluding hydrogens is 354 g/mol. The molecule has 1 heterocycles. The number of pyridine rings is 1. The SMILES string of the molecule is Cc1c(CC(=O)O)cnc(OC(F)(F)F)c1I. The van der Waals surface area contributed by atoms with Gasteiger partial charge in [-0.1, -0.05) is 0 Å². The van der Waals surface area contributed by atoms with Crippen molar-refractivity contribution in [2.75, 3.05) is 0 Å². The van der Waals surface area contributed by atoms with E-state index in [1.807, 2.05) is 0 Å². The van der Waals surface area contributed by atoms with Crippen molar-refractivity contribution in [3.8, 4) is 5.88 Å². The average Bonchev–Trinajstić information content (AvgIpc) is 2.15. The van der Waals surface area contributed by atoms with Gasteiger partial charge >= 0.3 is 12.3 Å². The Kier molecular flexibility index (Phi) is 4.17. The van der Waals surface area contributed by atoms with Gasteiger partial charge in [0, 0.05) is 6.20 Å². The van der Waals surface area contributed by atoms with Crippen molar-refractivity contribution in [3.63, 3.8) is 0 Å². The summed E-state index contributed by atoms with van der Waals surface area (Å²) >= 11 is 1.64. The topological polar surface area (TPSA) is 59.4 Å². The Hall–Kier alpha value is -1.06. The molecule has 0 unspecified atom stereocenters. The second-order valence-electron chi connectivity index (χ2n) is 3.15. The Morgan fingerprint density at radius 2 is 2.18 bits per heavy atom. The van der Waals surface area contributed by atoms with E-state index in [2.05, 4.69) is 9.72 Å². The maximum absolute atomic E-state index is 12.0. The minimum Gasteiger partial charge on any atom is -0.481 e. The number of nitrogens with zero attached hydrogens (tertiary/aromatic N) is 1. The maximum Gasteiger partial charge on any atom is 0.574 e. The molecule has 1 N–H and O–H groups in total. The molecule has 0 fully saturated rings. The zero-order valence-electron chi connectivity index (χ0n) is 8.51. The lowest BCUT2D eigenvalue weighted by molar-refractivity contribution is -0.276. The van der Waals surface area contributed by atoms with Crippen molar-refractivity contribution in [1.29, 1.82) is 0 Å². The molecule has 0 aliphatic rings. The fourth-order valence-corrected chi connectivity index (χ4v) is 1.71. The predicted octanol–water partition coefficient (Wildman–Crippen LogP) is 2.52. The minimum absolute atomic E-state index is 0.152. The molecule has 0 aliphatic carbocycles. The van der Waals surface area contributed by atoms with Crippen molar-refractivity contribution in [2.45, 2.75) is 19.7 Å². The third kappa shape index (κ3) is 4.02. The fraction of sp³-hybridized carbons (Fsp3) is 0.333. The number of alkyl halides is 3. The van der Waals surface area contributed by atoms with Gasteiger partial charge in [-0.05, 0) is 40.6 Å². The van der Waals surface area contributed by atoms with Crippen LogP contribution in [0.15, 0.2) is 6.20 Å². The number of aliphatic carboxylic acids is 1. The molecule has 4 nitrogen and oxygen atoms in total. The van der Waals surface area contributed by atoms with E-state index in [-0.39, 0.29) is 9.99 Å². The Morgan fingerprint density at radius 3 is 2.65 bits per heavy atom. The van der Waals surface area contributed by atoms with E-state index in [4.69, 9.17) is 5.11 Å². The van der Waals surface area contributed by atoms with Gasteiger partial charge < -0.3 is 9.84 Å². The smallest absolute Gasteiger partial charge is 0.481 e. The lowest BCUT2D eigenvalue weighted by Crippen LogP contribution is -2.19. The van der Waals surface area contributed by atoms with Gasteiger partial charge in [-0.3, -0.25) is 4.79 Å².